The summed E-state index contributed by atoms with van der Waals surface area (Å²) in [5, 5.41) is 14.5. The molecule has 1 aromatic heterocycles. The molecule has 3 aromatic rings. The number of rotatable bonds is 5. The van der Waals surface area contributed by atoms with Crippen LogP contribution in [0.4, 0.5) is 22.0 Å². The van der Waals surface area contributed by atoms with Gasteiger partial charge in [0.05, 0.1) is 10.5 Å². The van der Waals surface area contributed by atoms with Crippen LogP contribution >= 0.6 is 23.4 Å². The standard InChI is InChI=1S/C19H16ClN5O3S/c1-29-14-15(20)24-17(25-16(14)21)10-2-6-12(7-3-10)22-19(28)23-13-8-4-11(5-9-13)18(26)27/h2-9H,1H3,(H,26,27)(H2,21,24,25)(H2,22,23,28). The van der Waals surface area contributed by atoms with E-state index in [1.165, 1.54) is 36.0 Å². The van der Waals surface area contributed by atoms with E-state index in [4.69, 9.17) is 22.4 Å². The fourth-order valence-corrected chi connectivity index (χ4v) is 3.33. The number of carbonyl (C=O) groups excluding carboxylic acids is 1. The van der Waals surface area contributed by atoms with Crippen LogP contribution in [0.3, 0.4) is 0 Å². The van der Waals surface area contributed by atoms with Crippen LogP contribution in [0.1, 0.15) is 10.4 Å². The number of nitrogens with zero attached hydrogens (tertiary/aromatic N) is 2. The van der Waals surface area contributed by atoms with Gasteiger partial charge in [-0.05, 0) is 54.8 Å². The number of anilines is 3. The third kappa shape index (κ3) is 4.95. The minimum Gasteiger partial charge on any atom is -0.478 e. The van der Waals surface area contributed by atoms with Gasteiger partial charge in [-0.15, -0.1) is 11.8 Å². The van der Waals surface area contributed by atoms with Gasteiger partial charge in [0.25, 0.3) is 0 Å². The Balaban J connectivity index is 1.67. The number of hydrogen-bond donors (Lipinski definition) is 4. The second kappa shape index (κ2) is 8.80. The Bertz CT molecular complexity index is 1040. The summed E-state index contributed by atoms with van der Waals surface area (Å²) in [4.78, 5) is 32.1. The molecular weight excluding hydrogens is 414 g/mol. The molecule has 0 unspecified atom stereocenters. The van der Waals surface area contributed by atoms with Crippen LogP contribution in [-0.2, 0) is 0 Å². The van der Waals surface area contributed by atoms with E-state index in [2.05, 4.69) is 20.6 Å². The van der Waals surface area contributed by atoms with Gasteiger partial charge >= 0.3 is 12.0 Å². The van der Waals surface area contributed by atoms with E-state index in [9.17, 15) is 9.59 Å². The van der Waals surface area contributed by atoms with Crippen molar-refractivity contribution in [2.24, 2.45) is 0 Å². The number of carbonyl (C=O) groups is 2. The number of halogens is 1. The molecule has 29 heavy (non-hydrogen) atoms. The van der Waals surface area contributed by atoms with Gasteiger partial charge in [-0.1, -0.05) is 11.6 Å². The summed E-state index contributed by atoms with van der Waals surface area (Å²) in [6.07, 6.45) is 1.84. The first-order chi connectivity index (χ1) is 13.9. The number of nitrogens with one attached hydrogen (secondary N) is 2. The summed E-state index contributed by atoms with van der Waals surface area (Å²) >= 11 is 7.51. The lowest BCUT2D eigenvalue weighted by Gasteiger charge is -2.09. The summed E-state index contributed by atoms with van der Waals surface area (Å²) in [7, 11) is 0. The van der Waals surface area contributed by atoms with Gasteiger partial charge in [-0.2, -0.15) is 0 Å². The van der Waals surface area contributed by atoms with Crippen molar-refractivity contribution in [3.8, 4) is 11.4 Å². The van der Waals surface area contributed by atoms with Gasteiger partial charge in [0.1, 0.15) is 11.0 Å². The second-order valence-electron chi connectivity index (χ2n) is 5.80. The monoisotopic (exact) mass is 429 g/mol. The van der Waals surface area contributed by atoms with Crippen molar-refractivity contribution in [2.45, 2.75) is 4.90 Å². The highest BCUT2D eigenvalue weighted by Crippen LogP contribution is 2.30. The number of amides is 2. The van der Waals surface area contributed by atoms with Crippen LogP contribution in [0, 0.1) is 0 Å². The molecule has 2 amide bonds. The van der Waals surface area contributed by atoms with E-state index in [0.29, 0.717) is 33.5 Å². The number of carboxylic acids is 1. The number of nitrogen functional groups attached to an aromatic ring is 1. The Hall–Kier alpha value is -3.30. The molecule has 0 aliphatic rings. The molecule has 0 atom stereocenters. The van der Waals surface area contributed by atoms with Gasteiger partial charge in [0, 0.05) is 16.9 Å². The molecule has 0 spiro atoms. The smallest absolute Gasteiger partial charge is 0.335 e. The topological polar surface area (TPSA) is 130 Å². The first-order valence-electron chi connectivity index (χ1n) is 8.26. The summed E-state index contributed by atoms with van der Waals surface area (Å²) in [5.74, 6) is -0.334. The van der Waals surface area contributed by atoms with Crippen LogP contribution in [0.25, 0.3) is 11.4 Å². The molecule has 2 aromatic carbocycles. The highest BCUT2D eigenvalue weighted by molar-refractivity contribution is 7.98. The first kappa shape index (κ1) is 20.4. The van der Waals surface area contributed by atoms with E-state index in [1.54, 1.807) is 24.3 Å². The third-order valence-corrected chi connectivity index (χ3v) is 5.04. The van der Waals surface area contributed by atoms with Crippen molar-refractivity contribution in [2.75, 3.05) is 22.6 Å². The quantitative estimate of drug-likeness (QED) is 0.348. The average Bonchev–Trinajstić information content (AvgIpc) is 2.68. The number of carboxylic acid groups (broad SMARTS) is 1. The van der Waals surface area contributed by atoms with Crippen molar-refractivity contribution >= 4 is 52.6 Å². The van der Waals surface area contributed by atoms with Crippen molar-refractivity contribution in [3.63, 3.8) is 0 Å². The predicted molar refractivity (Wildman–Crippen MR) is 115 cm³/mol. The highest BCUT2D eigenvalue weighted by atomic mass is 35.5. The zero-order valence-corrected chi connectivity index (χ0v) is 16.7. The van der Waals surface area contributed by atoms with Crippen LogP contribution in [0.15, 0.2) is 53.4 Å². The number of hydrogen-bond acceptors (Lipinski definition) is 6. The Kier molecular flexibility index (Phi) is 6.20. The molecule has 10 heteroatoms. The zero-order chi connectivity index (χ0) is 21.0. The number of aromatic carboxylic acids is 1. The molecule has 0 radical (unpaired) electrons. The number of urea groups is 1. The van der Waals surface area contributed by atoms with E-state index in [1.807, 2.05) is 6.26 Å². The molecule has 8 nitrogen and oxygen atoms in total. The molecular formula is C19H16ClN5O3S. The SMILES string of the molecule is CSc1c(N)nc(-c2ccc(NC(=O)Nc3ccc(C(=O)O)cc3)cc2)nc1Cl. The fourth-order valence-electron chi connectivity index (χ4n) is 2.45. The Labute approximate surface area is 175 Å². The number of thioether (sulfide) groups is 1. The third-order valence-electron chi connectivity index (χ3n) is 3.85. The Morgan fingerprint density at radius 3 is 2.03 bits per heavy atom. The van der Waals surface area contributed by atoms with Gasteiger partial charge in [-0.3, -0.25) is 0 Å². The zero-order valence-electron chi connectivity index (χ0n) is 15.1. The molecule has 0 saturated carbocycles. The van der Waals surface area contributed by atoms with Crippen molar-refractivity contribution in [1.82, 2.24) is 9.97 Å². The summed E-state index contributed by atoms with van der Waals surface area (Å²) in [6, 6.07) is 12.2. The largest absolute Gasteiger partial charge is 0.478 e. The van der Waals surface area contributed by atoms with E-state index >= 15 is 0 Å². The Morgan fingerprint density at radius 2 is 1.55 bits per heavy atom. The van der Waals surface area contributed by atoms with Crippen molar-refractivity contribution < 1.29 is 14.7 Å². The van der Waals surface area contributed by atoms with Crippen LogP contribution in [0.5, 0.6) is 0 Å². The second-order valence-corrected chi connectivity index (χ2v) is 6.97. The summed E-state index contributed by atoms with van der Waals surface area (Å²) in [6.45, 7) is 0. The molecule has 0 aliphatic carbocycles. The average molecular weight is 430 g/mol. The van der Waals surface area contributed by atoms with Gasteiger partial charge in [0.2, 0.25) is 0 Å². The molecule has 0 bridgehead atoms. The summed E-state index contributed by atoms with van der Waals surface area (Å²) < 4.78 is 0. The fraction of sp³-hybridized carbons (Fsp3) is 0.0526. The lowest BCUT2D eigenvalue weighted by Crippen LogP contribution is -2.19. The lowest BCUT2D eigenvalue weighted by molar-refractivity contribution is 0.0697. The van der Waals surface area contributed by atoms with E-state index in [0.717, 1.165) is 0 Å². The van der Waals surface area contributed by atoms with Gasteiger partial charge in [-0.25, -0.2) is 19.6 Å². The highest BCUT2D eigenvalue weighted by Gasteiger charge is 2.12. The van der Waals surface area contributed by atoms with Crippen LogP contribution in [0.2, 0.25) is 5.15 Å². The molecule has 0 aliphatic heterocycles. The van der Waals surface area contributed by atoms with E-state index < -0.39 is 12.0 Å². The number of nitrogens with two attached hydrogens (primary N) is 1. The molecule has 0 fully saturated rings. The maximum Gasteiger partial charge on any atom is 0.335 e. The van der Waals surface area contributed by atoms with Gasteiger partial charge in [0.15, 0.2) is 5.82 Å². The van der Waals surface area contributed by atoms with Crippen LogP contribution < -0.4 is 16.4 Å². The molecule has 0 saturated heterocycles. The van der Waals surface area contributed by atoms with Crippen molar-refractivity contribution in [1.29, 1.82) is 0 Å². The predicted octanol–water partition coefficient (Wildman–Crippen LogP) is 4.44. The lowest BCUT2D eigenvalue weighted by atomic mass is 10.2. The summed E-state index contributed by atoms with van der Waals surface area (Å²) in [5.41, 5.74) is 7.76. The maximum absolute atomic E-state index is 12.1. The number of aromatic nitrogens is 2. The first-order valence-corrected chi connectivity index (χ1v) is 9.86. The van der Waals surface area contributed by atoms with E-state index in [-0.39, 0.29) is 10.7 Å². The minimum atomic E-state index is -1.03. The molecule has 148 valence electrons. The molecule has 1 heterocycles. The minimum absolute atomic E-state index is 0.139. The van der Waals surface area contributed by atoms with Gasteiger partial charge < -0.3 is 21.5 Å². The van der Waals surface area contributed by atoms with Crippen LogP contribution in [-0.4, -0.2) is 33.3 Å². The normalized spacial score (nSPS) is 10.4. The number of benzene rings is 2. The molecule has 3 rings (SSSR count). The Morgan fingerprint density at radius 1 is 1.00 bits per heavy atom. The molecule has 5 N–H and O–H groups in total. The van der Waals surface area contributed by atoms with Crippen molar-refractivity contribution in [3.05, 3.63) is 59.2 Å². The maximum atomic E-state index is 12.1.